The van der Waals surface area contributed by atoms with E-state index in [1.807, 2.05) is 13.8 Å². The van der Waals surface area contributed by atoms with Crippen molar-refractivity contribution < 1.29 is 14.6 Å². The van der Waals surface area contributed by atoms with Gasteiger partial charge in [0.1, 0.15) is 11.8 Å². The maximum atomic E-state index is 10.7. The van der Waals surface area contributed by atoms with Crippen LogP contribution in [-0.2, 0) is 0 Å². The third kappa shape index (κ3) is 3.39. The third-order valence-corrected chi connectivity index (χ3v) is 2.74. The summed E-state index contributed by atoms with van der Waals surface area (Å²) in [5.74, 6) is -0.436. The van der Waals surface area contributed by atoms with Gasteiger partial charge in [0.2, 0.25) is 0 Å². The molecule has 6 nitrogen and oxygen atoms in total. The van der Waals surface area contributed by atoms with E-state index in [0.29, 0.717) is 29.5 Å². The van der Waals surface area contributed by atoms with Gasteiger partial charge in [-0.3, -0.25) is 0 Å². The van der Waals surface area contributed by atoms with E-state index in [-0.39, 0.29) is 5.56 Å². The number of hydrogen-bond donors (Lipinski definition) is 0. The molecule has 0 amide bonds. The predicted octanol–water partition coefficient (Wildman–Crippen LogP) is 1.14. The van der Waals surface area contributed by atoms with E-state index >= 15 is 0 Å². The second-order valence-electron chi connectivity index (χ2n) is 4.96. The Hall–Kier alpha value is -2.81. The largest absolute Gasteiger partial charge is 0.545 e. The highest BCUT2D eigenvalue weighted by Gasteiger charge is 2.08. The number of hydrogen-bond acceptors (Lipinski definition) is 5. The van der Waals surface area contributed by atoms with Gasteiger partial charge >= 0.3 is 0 Å². The van der Waals surface area contributed by atoms with Crippen molar-refractivity contribution in [2.45, 2.75) is 13.8 Å². The van der Waals surface area contributed by atoms with E-state index < -0.39 is 5.97 Å². The molecule has 0 N–H and O–H groups in total. The van der Waals surface area contributed by atoms with Gasteiger partial charge in [0.25, 0.3) is 0 Å². The summed E-state index contributed by atoms with van der Waals surface area (Å²) in [5.41, 5.74) is 0.934. The minimum Gasteiger partial charge on any atom is -0.545 e. The molecule has 1 aromatic carbocycles. The number of rotatable bonds is 5. The van der Waals surface area contributed by atoms with E-state index in [1.54, 1.807) is 18.2 Å². The van der Waals surface area contributed by atoms with Crippen LogP contribution in [0.15, 0.2) is 30.6 Å². The lowest BCUT2D eigenvalue weighted by Crippen LogP contribution is -2.21. The second-order valence-corrected chi connectivity index (χ2v) is 4.96. The Bertz CT molecular complexity index is 698. The summed E-state index contributed by atoms with van der Waals surface area (Å²) in [6.07, 6.45) is 2.53. The average Bonchev–Trinajstić information content (AvgIpc) is 2.94. The molecule has 0 unspecified atom stereocenters. The monoisotopic (exact) mass is 284 g/mol. The molecule has 0 saturated heterocycles. The van der Waals surface area contributed by atoms with Crippen LogP contribution in [0.25, 0.3) is 5.69 Å². The summed E-state index contributed by atoms with van der Waals surface area (Å²) in [4.78, 5) is 10.7. The summed E-state index contributed by atoms with van der Waals surface area (Å²) in [6, 6.07) is 7.05. The minimum absolute atomic E-state index is 0.0198. The maximum Gasteiger partial charge on any atom is 0.137 e. The molecule has 6 heteroatoms. The predicted molar refractivity (Wildman–Crippen MR) is 72.9 cm³/mol. The van der Waals surface area contributed by atoms with Crippen molar-refractivity contribution in [3.05, 3.63) is 41.7 Å². The van der Waals surface area contributed by atoms with Gasteiger partial charge in [-0.2, -0.15) is 10.4 Å². The Morgan fingerprint density at radius 2 is 2.29 bits per heavy atom. The topological polar surface area (TPSA) is 91.0 Å². The summed E-state index contributed by atoms with van der Waals surface area (Å²) < 4.78 is 6.94. The van der Waals surface area contributed by atoms with Gasteiger partial charge in [-0.15, -0.1) is 0 Å². The van der Waals surface area contributed by atoms with E-state index in [0.717, 1.165) is 0 Å². The number of carboxylic acid groups (broad SMARTS) is 1. The highest BCUT2D eigenvalue weighted by molar-refractivity contribution is 5.85. The van der Waals surface area contributed by atoms with Crippen LogP contribution in [0.2, 0.25) is 0 Å². The van der Waals surface area contributed by atoms with Crippen molar-refractivity contribution in [3.8, 4) is 17.5 Å². The van der Waals surface area contributed by atoms with E-state index in [2.05, 4.69) is 11.2 Å². The average molecular weight is 284 g/mol. The lowest BCUT2D eigenvalue weighted by Gasteiger charge is -2.11. The molecular formula is C15H14N3O3-. The van der Waals surface area contributed by atoms with Gasteiger partial charge in [0, 0.05) is 11.8 Å². The smallest absolute Gasteiger partial charge is 0.137 e. The van der Waals surface area contributed by atoms with Crippen molar-refractivity contribution >= 4 is 5.97 Å². The number of aromatic nitrogens is 2. The molecule has 21 heavy (non-hydrogen) atoms. The SMILES string of the molecule is CC(C)COc1ccc(-n2cc(C(=O)[O-])cn2)cc1C#N. The van der Waals surface area contributed by atoms with Crippen molar-refractivity contribution in [2.24, 2.45) is 5.92 Å². The molecular weight excluding hydrogens is 270 g/mol. The summed E-state index contributed by atoms with van der Waals surface area (Å²) >= 11 is 0. The number of benzene rings is 1. The molecule has 0 saturated carbocycles. The van der Waals surface area contributed by atoms with Gasteiger partial charge in [-0.25, -0.2) is 4.68 Å². The molecule has 0 aliphatic rings. The van der Waals surface area contributed by atoms with Crippen LogP contribution in [0.1, 0.15) is 29.8 Å². The van der Waals surface area contributed by atoms with Gasteiger partial charge in [-0.05, 0) is 24.1 Å². The first kappa shape index (κ1) is 14.6. The van der Waals surface area contributed by atoms with Crippen molar-refractivity contribution in [1.29, 1.82) is 5.26 Å². The highest BCUT2D eigenvalue weighted by atomic mass is 16.5. The van der Waals surface area contributed by atoms with Gasteiger partial charge in [-0.1, -0.05) is 13.8 Å². The number of aromatic carboxylic acids is 1. The molecule has 0 fully saturated rings. The van der Waals surface area contributed by atoms with Crippen LogP contribution >= 0.6 is 0 Å². The zero-order valence-electron chi connectivity index (χ0n) is 11.7. The summed E-state index contributed by atoms with van der Waals surface area (Å²) in [5, 5.41) is 23.9. The van der Waals surface area contributed by atoms with E-state index in [4.69, 9.17) is 4.74 Å². The van der Waals surface area contributed by atoms with Crippen LogP contribution in [0, 0.1) is 17.2 Å². The van der Waals surface area contributed by atoms with Gasteiger partial charge in [0.15, 0.2) is 0 Å². The molecule has 0 radical (unpaired) electrons. The second kappa shape index (κ2) is 6.09. The van der Waals surface area contributed by atoms with E-state index in [9.17, 15) is 15.2 Å². The molecule has 0 aliphatic carbocycles. The lowest BCUT2D eigenvalue weighted by molar-refractivity contribution is -0.255. The van der Waals surface area contributed by atoms with Crippen molar-refractivity contribution in [1.82, 2.24) is 9.78 Å². The fourth-order valence-electron chi connectivity index (χ4n) is 1.70. The fourth-order valence-corrected chi connectivity index (χ4v) is 1.70. The van der Waals surface area contributed by atoms with Crippen LogP contribution < -0.4 is 9.84 Å². The van der Waals surface area contributed by atoms with Crippen LogP contribution in [0.5, 0.6) is 5.75 Å². The molecule has 0 bridgehead atoms. The van der Waals surface area contributed by atoms with Gasteiger partial charge in [0.05, 0.1) is 30.0 Å². The Morgan fingerprint density at radius 1 is 1.52 bits per heavy atom. The fraction of sp³-hybridized carbons (Fsp3) is 0.267. The Morgan fingerprint density at radius 3 is 2.86 bits per heavy atom. The first-order valence-corrected chi connectivity index (χ1v) is 6.44. The molecule has 2 rings (SSSR count). The molecule has 2 aromatic rings. The number of nitriles is 1. The number of carbonyl (C=O) groups excluding carboxylic acids is 1. The molecule has 0 atom stereocenters. The first-order chi connectivity index (χ1) is 10.0. The van der Waals surface area contributed by atoms with Crippen molar-refractivity contribution in [2.75, 3.05) is 6.61 Å². The maximum absolute atomic E-state index is 10.7. The Balaban J connectivity index is 2.29. The number of ether oxygens (including phenoxy) is 1. The molecule has 108 valence electrons. The molecule has 0 aliphatic heterocycles. The zero-order valence-corrected chi connectivity index (χ0v) is 11.7. The molecule has 0 spiro atoms. The first-order valence-electron chi connectivity index (χ1n) is 6.44. The number of carbonyl (C=O) groups is 1. The lowest BCUT2D eigenvalue weighted by atomic mass is 10.2. The van der Waals surface area contributed by atoms with Crippen LogP contribution in [-0.4, -0.2) is 22.4 Å². The molecule has 1 aromatic heterocycles. The standard InChI is InChI=1S/C15H15N3O3/c1-10(2)9-21-14-4-3-13(5-11(14)6-16)18-8-12(7-17-18)15(19)20/h3-5,7-8,10H,9H2,1-2H3,(H,19,20)/p-1. The van der Waals surface area contributed by atoms with E-state index in [1.165, 1.54) is 17.1 Å². The summed E-state index contributed by atoms with van der Waals surface area (Å²) in [7, 11) is 0. The Kier molecular flexibility index (Phi) is 4.24. The van der Waals surface area contributed by atoms with Gasteiger partial charge < -0.3 is 14.6 Å². The highest BCUT2D eigenvalue weighted by Crippen LogP contribution is 2.22. The quantitative estimate of drug-likeness (QED) is 0.821. The number of nitrogens with zero attached hydrogens (tertiary/aromatic N) is 3. The Labute approximate surface area is 122 Å². The zero-order chi connectivity index (χ0) is 15.4. The molecule has 1 heterocycles. The van der Waals surface area contributed by atoms with Crippen LogP contribution in [0.4, 0.5) is 0 Å². The normalized spacial score (nSPS) is 10.4. The summed E-state index contributed by atoms with van der Waals surface area (Å²) in [6.45, 7) is 4.56. The minimum atomic E-state index is -1.29. The van der Waals surface area contributed by atoms with Crippen molar-refractivity contribution in [3.63, 3.8) is 0 Å². The number of carboxylic acids is 1. The van der Waals surface area contributed by atoms with Crippen LogP contribution in [0.3, 0.4) is 0 Å². The third-order valence-electron chi connectivity index (χ3n) is 2.74.